The number of ketones is 1. The van der Waals surface area contributed by atoms with Gasteiger partial charge in [-0.15, -0.1) is 0 Å². The fraction of sp³-hybridized carbons (Fsp3) is 0.300. The predicted molar refractivity (Wildman–Crippen MR) is 49.9 cm³/mol. The monoisotopic (exact) mass is 211 g/mol. The molecule has 80 valence electrons. The van der Waals surface area contributed by atoms with Crippen LogP contribution in [0.15, 0.2) is 12.3 Å². The van der Waals surface area contributed by atoms with Gasteiger partial charge in [0.2, 0.25) is 5.95 Å². The van der Waals surface area contributed by atoms with E-state index in [0.29, 0.717) is 0 Å². The normalized spacial score (nSPS) is 9.80. The number of hydrogen-bond donors (Lipinski definition) is 0. The van der Waals surface area contributed by atoms with E-state index in [4.69, 9.17) is 0 Å². The van der Waals surface area contributed by atoms with Crippen LogP contribution in [0.1, 0.15) is 22.8 Å². The lowest BCUT2D eigenvalue weighted by Gasteiger charge is -2.01. The molecular weight excluding hydrogens is 201 g/mol. The van der Waals surface area contributed by atoms with Crippen LogP contribution in [0, 0.1) is 12.9 Å². The van der Waals surface area contributed by atoms with Crippen LogP contribution < -0.4 is 0 Å². The highest BCUT2D eigenvalue weighted by Crippen LogP contribution is 2.07. The van der Waals surface area contributed by atoms with Gasteiger partial charge < -0.3 is 4.74 Å². The number of Topliss-reactive ketones (excluding diaryl/α,β-unsaturated/α-hetero) is 1. The maximum atomic E-state index is 12.8. The Balaban J connectivity index is 2.92. The zero-order valence-corrected chi connectivity index (χ0v) is 8.41. The van der Waals surface area contributed by atoms with E-state index in [9.17, 15) is 14.0 Å². The zero-order valence-electron chi connectivity index (χ0n) is 8.41. The number of nitrogens with zero attached hydrogens (tertiary/aromatic N) is 1. The smallest absolute Gasteiger partial charge is 0.379 e. The van der Waals surface area contributed by atoms with Gasteiger partial charge in [-0.05, 0) is 19.9 Å². The third-order valence-electron chi connectivity index (χ3n) is 1.74. The summed E-state index contributed by atoms with van der Waals surface area (Å²) >= 11 is 0. The van der Waals surface area contributed by atoms with Crippen LogP contribution in [0.25, 0.3) is 0 Å². The van der Waals surface area contributed by atoms with Gasteiger partial charge in [0.25, 0.3) is 5.78 Å². The second-order valence-electron chi connectivity index (χ2n) is 2.88. The van der Waals surface area contributed by atoms with Gasteiger partial charge >= 0.3 is 5.97 Å². The maximum absolute atomic E-state index is 12.8. The van der Waals surface area contributed by atoms with Crippen molar-refractivity contribution in [2.24, 2.45) is 0 Å². The molecule has 0 unspecified atom stereocenters. The van der Waals surface area contributed by atoms with Gasteiger partial charge in [-0.25, -0.2) is 9.78 Å². The van der Waals surface area contributed by atoms with Gasteiger partial charge in [0, 0.05) is 17.3 Å². The molecule has 1 heterocycles. The number of carbonyl (C=O) groups is 2. The summed E-state index contributed by atoms with van der Waals surface area (Å²) in [6, 6.07) is 1.27. The molecule has 0 fully saturated rings. The zero-order chi connectivity index (χ0) is 11.4. The molecule has 4 nitrogen and oxygen atoms in total. The fourth-order valence-corrected chi connectivity index (χ4v) is 0.997. The molecule has 0 aliphatic heterocycles. The van der Waals surface area contributed by atoms with E-state index in [1.54, 1.807) is 6.92 Å². The largest absolute Gasteiger partial charge is 0.460 e. The Morgan fingerprint density at radius 2 is 2.20 bits per heavy atom. The molecule has 0 aliphatic rings. The predicted octanol–water partition coefficient (Wildman–Crippen LogP) is 1.27. The minimum absolute atomic E-state index is 0.0346. The highest BCUT2D eigenvalue weighted by Gasteiger charge is 2.18. The molecule has 0 atom stereocenters. The summed E-state index contributed by atoms with van der Waals surface area (Å²) in [7, 11) is 0. The molecule has 15 heavy (non-hydrogen) atoms. The van der Waals surface area contributed by atoms with Crippen molar-refractivity contribution in [3.05, 3.63) is 29.3 Å². The van der Waals surface area contributed by atoms with Gasteiger partial charge in [0.1, 0.15) is 0 Å². The maximum Gasteiger partial charge on any atom is 0.379 e. The van der Waals surface area contributed by atoms with Crippen molar-refractivity contribution < 1.29 is 18.7 Å². The minimum Gasteiger partial charge on any atom is -0.460 e. The molecule has 0 aromatic carbocycles. The number of aryl methyl sites for hydroxylation is 1. The quantitative estimate of drug-likeness (QED) is 0.327. The van der Waals surface area contributed by atoms with Crippen molar-refractivity contribution in [1.29, 1.82) is 0 Å². The van der Waals surface area contributed by atoms with Gasteiger partial charge in [0.15, 0.2) is 0 Å². The second-order valence-corrected chi connectivity index (χ2v) is 2.88. The molecular formula is C10H10FNO3. The molecule has 0 N–H and O–H groups in total. The molecule has 0 bridgehead atoms. The average Bonchev–Trinajstić information content (AvgIpc) is 2.21. The van der Waals surface area contributed by atoms with E-state index in [2.05, 4.69) is 9.72 Å². The molecule has 1 aromatic rings. The molecule has 1 aromatic heterocycles. The van der Waals surface area contributed by atoms with Crippen LogP contribution in [0.4, 0.5) is 4.39 Å². The van der Waals surface area contributed by atoms with Gasteiger partial charge in [-0.2, -0.15) is 4.39 Å². The first kappa shape index (κ1) is 11.3. The summed E-state index contributed by atoms with van der Waals surface area (Å²) < 4.78 is 17.3. The van der Waals surface area contributed by atoms with E-state index in [0.717, 1.165) is 6.20 Å². The SMILES string of the molecule is CCOC(=O)C(=O)c1cnc(F)c(C)c1. The van der Waals surface area contributed by atoms with E-state index < -0.39 is 17.7 Å². The summed E-state index contributed by atoms with van der Waals surface area (Å²) in [5.41, 5.74) is 0.248. The van der Waals surface area contributed by atoms with Crippen LogP contribution in [0.3, 0.4) is 0 Å². The summed E-state index contributed by atoms with van der Waals surface area (Å²) in [4.78, 5) is 25.8. The van der Waals surface area contributed by atoms with Crippen molar-refractivity contribution in [3.63, 3.8) is 0 Å². The van der Waals surface area contributed by atoms with Crippen molar-refractivity contribution >= 4 is 11.8 Å². The lowest BCUT2D eigenvalue weighted by atomic mass is 10.1. The number of pyridine rings is 1. The first-order valence-electron chi connectivity index (χ1n) is 4.39. The standard InChI is InChI=1S/C10H10FNO3/c1-3-15-10(14)8(13)7-4-6(2)9(11)12-5-7/h4-5H,3H2,1-2H3. The summed E-state index contributed by atoms with van der Waals surface area (Å²) in [6.45, 7) is 3.18. The number of carbonyl (C=O) groups excluding carboxylic acids is 2. The summed E-state index contributed by atoms with van der Waals surface area (Å²) in [5, 5.41) is 0. The Bertz CT molecular complexity index is 404. The van der Waals surface area contributed by atoms with Crippen LogP contribution in [0.2, 0.25) is 0 Å². The van der Waals surface area contributed by atoms with Crippen molar-refractivity contribution in [2.75, 3.05) is 6.61 Å². The van der Waals surface area contributed by atoms with E-state index in [1.165, 1.54) is 13.0 Å². The van der Waals surface area contributed by atoms with E-state index in [-0.39, 0.29) is 17.7 Å². The molecule has 0 amide bonds. The van der Waals surface area contributed by atoms with Gasteiger partial charge in [0.05, 0.1) is 6.61 Å². The third-order valence-corrected chi connectivity index (χ3v) is 1.74. The summed E-state index contributed by atoms with van der Waals surface area (Å²) in [6.07, 6.45) is 1.02. The number of rotatable bonds is 3. The third kappa shape index (κ3) is 2.59. The average molecular weight is 211 g/mol. The lowest BCUT2D eigenvalue weighted by molar-refractivity contribution is -0.137. The Hall–Kier alpha value is -1.78. The Kier molecular flexibility index (Phi) is 3.49. The molecule has 0 spiro atoms. The van der Waals surface area contributed by atoms with Crippen LogP contribution in [-0.4, -0.2) is 23.3 Å². The number of esters is 1. The van der Waals surface area contributed by atoms with Crippen molar-refractivity contribution in [3.8, 4) is 0 Å². The lowest BCUT2D eigenvalue weighted by Crippen LogP contribution is -2.18. The number of halogens is 1. The second kappa shape index (κ2) is 4.63. The Labute approximate surface area is 86.1 Å². The number of ether oxygens (including phenoxy) is 1. The summed E-state index contributed by atoms with van der Waals surface area (Å²) in [5.74, 6) is -2.42. The molecule has 0 aliphatic carbocycles. The topological polar surface area (TPSA) is 56.3 Å². The molecule has 0 radical (unpaired) electrons. The highest BCUT2D eigenvalue weighted by molar-refractivity contribution is 6.40. The Morgan fingerprint density at radius 1 is 1.53 bits per heavy atom. The highest BCUT2D eigenvalue weighted by atomic mass is 19.1. The van der Waals surface area contributed by atoms with E-state index in [1.807, 2.05) is 0 Å². The first-order chi connectivity index (χ1) is 7.06. The number of hydrogen-bond acceptors (Lipinski definition) is 4. The fourth-order valence-electron chi connectivity index (χ4n) is 0.997. The van der Waals surface area contributed by atoms with Crippen LogP contribution in [0.5, 0.6) is 0 Å². The van der Waals surface area contributed by atoms with Crippen molar-refractivity contribution in [2.45, 2.75) is 13.8 Å². The first-order valence-corrected chi connectivity index (χ1v) is 4.39. The van der Waals surface area contributed by atoms with Crippen molar-refractivity contribution in [1.82, 2.24) is 4.98 Å². The minimum atomic E-state index is -0.953. The van der Waals surface area contributed by atoms with E-state index >= 15 is 0 Å². The molecule has 0 saturated heterocycles. The van der Waals surface area contributed by atoms with Crippen LogP contribution >= 0.6 is 0 Å². The molecule has 5 heteroatoms. The van der Waals surface area contributed by atoms with Gasteiger partial charge in [-0.3, -0.25) is 4.79 Å². The Morgan fingerprint density at radius 3 is 2.73 bits per heavy atom. The van der Waals surface area contributed by atoms with Crippen LogP contribution in [-0.2, 0) is 9.53 Å². The number of aromatic nitrogens is 1. The van der Waals surface area contributed by atoms with Gasteiger partial charge in [-0.1, -0.05) is 0 Å². The molecule has 1 rings (SSSR count). The molecule has 0 saturated carbocycles.